The maximum atomic E-state index is 12.0. The molecule has 0 saturated carbocycles. The van der Waals surface area contributed by atoms with Crippen LogP contribution in [0.5, 0.6) is 0 Å². The van der Waals surface area contributed by atoms with Crippen molar-refractivity contribution < 1.29 is 9.59 Å². The standard InChI is InChI=1S/C13H14N4O2S2/c1-16-12(9-4-3-7-20-9)14-15-13(16)21-8-11(19)17-6-2-5-10(17)18/h3-4,7H,2,5-6,8H2,1H3. The van der Waals surface area contributed by atoms with Crippen LogP contribution >= 0.6 is 23.1 Å². The highest BCUT2D eigenvalue weighted by molar-refractivity contribution is 7.99. The van der Waals surface area contributed by atoms with Crippen molar-refractivity contribution in [3.8, 4) is 10.7 Å². The lowest BCUT2D eigenvalue weighted by atomic mass is 10.4. The average molecular weight is 322 g/mol. The zero-order valence-electron chi connectivity index (χ0n) is 11.5. The summed E-state index contributed by atoms with van der Waals surface area (Å²) in [4.78, 5) is 25.9. The van der Waals surface area contributed by atoms with Crippen LogP contribution in [0, 0.1) is 0 Å². The molecule has 8 heteroatoms. The van der Waals surface area contributed by atoms with Crippen molar-refractivity contribution in [1.82, 2.24) is 19.7 Å². The Bertz CT molecular complexity index is 666. The summed E-state index contributed by atoms with van der Waals surface area (Å²) in [7, 11) is 1.88. The van der Waals surface area contributed by atoms with Crippen LogP contribution in [0.3, 0.4) is 0 Å². The molecule has 0 spiro atoms. The number of amides is 2. The van der Waals surface area contributed by atoms with E-state index in [0.717, 1.165) is 17.1 Å². The van der Waals surface area contributed by atoms with Gasteiger partial charge < -0.3 is 4.57 Å². The molecule has 0 aromatic carbocycles. The van der Waals surface area contributed by atoms with E-state index < -0.39 is 0 Å². The molecule has 0 radical (unpaired) electrons. The number of nitrogens with zero attached hydrogens (tertiary/aromatic N) is 4. The van der Waals surface area contributed by atoms with Crippen LogP contribution in [0.4, 0.5) is 0 Å². The number of hydrogen-bond acceptors (Lipinski definition) is 6. The molecule has 110 valence electrons. The fraction of sp³-hybridized carbons (Fsp3) is 0.385. The van der Waals surface area contributed by atoms with E-state index in [1.165, 1.54) is 16.7 Å². The van der Waals surface area contributed by atoms with Gasteiger partial charge in [0.15, 0.2) is 11.0 Å². The Balaban J connectivity index is 1.66. The van der Waals surface area contributed by atoms with E-state index in [4.69, 9.17) is 0 Å². The molecular weight excluding hydrogens is 308 g/mol. The summed E-state index contributed by atoms with van der Waals surface area (Å²) in [5.74, 6) is 0.778. The number of likely N-dealkylation sites (tertiary alicyclic amines) is 1. The van der Waals surface area contributed by atoms with Gasteiger partial charge in [0, 0.05) is 20.0 Å². The fourth-order valence-corrected chi connectivity index (χ4v) is 3.71. The molecule has 21 heavy (non-hydrogen) atoms. The van der Waals surface area contributed by atoms with Gasteiger partial charge in [-0.05, 0) is 17.9 Å². The number of carbonyl (C=O) groups is 2. The molecule has 0 atom stereocenters. The Morgan fingerprint density at radius 1 is 1.48 bits per heavy atom. The van der Waals surface area contributed by atoms with Crippen LogP contribution in [0.1, 0.15) is 12.8 Å². The van der Waals surface area contributed by atoms with Gasteiger partial charge in [-0.25, -0.2) is 0 Å². The summed E-state index contributed by atoms with van der Waals surface area (Å²) >= 11 is 2.91. The minimum absolute atomic E-state index is 0.0714. The molecule has 2 aromatic rings. The largest absolute Gasteiger partial charge is 0.304 e. The normalized spacial score (nSPS) is 14.9. The van der Waals surface area contributed by atoms with Gasteiger partial charge in [0.05, 0.1) is 10.6 Å². The van der Waals surface area contributed by atoms with Crippen molar-refractivity contribution in [2.75, 3.05) is 12.3 Å². The minimum Gasteiger partial charge on any atom is -0.304 e. The lowest BCUT2D eigenvalue weighted by molar-refractivity contribution is -0.140. The number of thiophene rings is 1. The molecule has 0 N–H and O–H groups in total. The predicted octanol–water partition coefficient (Wildman–Crippen LogP) is 1.78. The van der Waals surface area contributed by atoms with Gasteiger partial charge in [0.25, 0.3) is 0 Å². The molecule has 0 bridgehead atoms. The number of rotatable bonds is 4. The zero-order chi connectivity index (χ0) is 14.8. The predicted molar refractivity (Wildman–Crippen MR) is 81.0 cm³/mol. The van der Waals surface area contributed by atoms with Gasteiger partial charge in [0.1, 0.15) is 0 Å². The first-order valence-electron chi connectivity index (χ1n) is 6.56. The summed E-state index contributed by atoms with van der Waals surface area (Å²) in [6.07, 6.45) is 1.24. The summed E-state index contributed by atoms with van der Waals surface area (Å²) in [5, 5.41) is 10.9. The van der Waals surface area contributed by atoms with Gasteiger partial charge in [0.2, 0.25) is 11.8 Å². The summed E-state index contributed by atoms with van der Waals surface area (Å²) < 4.78 is 1.87. The number of carbonyl (C=O) groups excluding carboxylic acids is 2. The third-order valence-corrected chi connectivity index (χ3v) is 5.15. The van der Waals surface area contributed by atoms with Crippen LogP contribution in [0.15, 0.2) is 22.7 Å². The van der Waals surface area contributed by atoms with E-state index in [1.807, 2.05) is 29.1 Å². The molecule has 0 unspecified atom stereocenters. The fourth-order valence-electron chi connectivity index (χ4n) is 2.18. The van der Waals surface area contributed by atoms with E-state index in [9.17, 15) is 9.59 Å². The number of thioether (sulfide) groups is 1. The van der Waals surface area contributed by atoms with Crippen LogP contribution in [-0.2, 0) is 16.6 Å². The Morgan fingerprint density at radius 2 is 2.33 bits per heavy atom. The van der Waals surface area contributed by atoms with E-state index in [-0.39, 0.29) is 17.6 Å². The Labute approximate surface area is 130 Å². The van der Waals surface area contributed by atoms with Crippen molar-refractivity contribution in [2.24, 2.45) is 7.05 Å². The maximum Gasteiger partial charge on any atom is 0.239 e. The zero-order valence-corrected chi connectivity index (χ0v) is 13.1. The topological polar surface area (TPSA) is 68.1 Å². The molecule has 2 aromatic heterocycles. The van der Waals surface area contributed by atoms with Gasteiger partial charge in [-0.3, -0.25) is 14.5 Å². The average Bonchev–Trinajstić information content (AvgIpc) is 3.17. The van der Waals surface area contributed by atoms with Gasteiger partial charge >= 0.3 is 0 Å². The lowest BCUT2D eigenvalue weighted by Gasteiger charge is -2.12. The van der Waals surface area contributed by atoms with Crippen molar-refractivity contribution >= 4 is 34.9 Å². The van der Waals surface area contributed by atoms with Gasteiger partial charge in [-0.15, -0.1) is 21.5 Å². The number of hydrogen-bond donors (Lipinski definition) is 0. The second-order valence-corrected chi connectivity index (χ2v) is 6.56. The van der Waals surface area contributed by atoms with Crippen LogP contribution in [-0.4, -0.2) is 43.8 Å². The SMILES string of the molecule is Cn1c(SCC(=O)N2CCCC2=O)nnc1-c1cccs1. The van der Waals surface area contributed by atoms with Crippen LogP contribution in [0.2, 0.25) is 0 Å². The number of imide groups is 1. The summed E-state index contributed by atoms with van der Waals surface area (Å²) in [6, 6.07) is 3.95. The van der Waals surface area contributed by atoms with E-state index >= 15 is 0 Å². The van der Waals surface area contributed by atoms with E-state index in [1.54, 1.807) is 11.3 Å². The molecule has 0 aliphatic carbocycles. The third kappa shape index (κ3) is 2.86. The number of aromatic nitrogens is 3. The molecular formula is C13H14N4O2S2. The van der Waals surface area contributed by atoms with Gasteiger partial charge in [-0.2, -0.15) is 0 Å². The summed E-state index contributed by atoms with van der Waals surface area (Å²) in [6.45, 7) is 0.539. The molecule has 1 aliphatic heterocycles. The smallest absolute Gasteiger partial charge is 0.239 e. The second kappa shape index (κ2) is 5.98. The molecule has 1 aliphatic rings. The second-order valence-electron chi connectivity index (χ2n) is 4.67. The van der Waals surface area contributed by atoms with E-state index in [0.29, 0.717) is 18.1 Å². The van der Waals surface area contributed by atoms with Crippen molar-refractivity contribution in [3.63, 3.8) is 0 Å². The quantitative estimate of drug-likeness (QED) is 0.803. The highest BCUT2D eigenvalue weighted by Gasteiger charge is 2.26. The molecule has 3 rings (SSSR count). The summed E-state index contributed by atoms with van der Waals surface area (Å²) in [5.41, 5.74) is 0. The van der Waals surface area contributed by atoms with E-state index in [2.05, 4.69) is 10.2 Å². The third-order valence-electron chi connectivity index (χ3n) is 3.28. The first-order valence-corrected chi connectivity index (χ1v) is 8.42. The minimum atomic E-state index is -0.150. The molecule has 3 heterocycles. The van der Waals surface area contributed by atoms with Crippen LogP contribution < -0.4 is 0 Å². The molecule has 6 nitrogen and oxygen atoms in total. The monoisotopic (exact) mass is 322 g/mol. The van der Waals surface area contributed by atoms with Crippen LogP contribution in [0.25, 0.3) is 10.7 Å². The van der Waals surface area contributed by atoms with Crippen molar-refractivity contribution in [1.29, 1.82) is 0 Å². The maximum absolute atomic E-state index is 12.0. The Kier molecular flexibility index (Phi) is 4.07. The first kappa shape index (κ1) is 14.3. The van der Waals surface area contributed by atoms with Crippen molar-refractivity contribution in [2.45, 2.75) is 18.0 Å². The highest BCUT2D eigenvalue weighted by Crippen LogP contribution is 2.26. The Morgan fingerprint density at radius 3 is 3.00 bits per heavy atom. The molecule has 2 amide bonds. The lowest BCUT2D eigenvalue weighted by Crippen LogP contribution is -2.33. The molecule has 1 saturated heterocycles. The Hall–Kier alpha value is -1.67. The first-order chi connectivity index (χ1) is 10.2. The molecule has 1 fully saturated rings. The highest BCUT2D eigenvalue weighted by atomic mass is 32.2. The van der Waals surface area contributed by atoms with Crippen molar-refractivity contribution in [3.05, 3.63) is 17.5 Å². The van der Waals surface area contributed by atoms with Gasteiger partial charge in [-0.1, -0.05) is 17.8 Å².